The molecule has 1 fully saturated rings. The number of carbonyl (C=O) groups excluding carboxylic acids is 2. The lowest BCUT2D eigenvalue weighted by Crippen LogP contribution is -2.33. The second-order valence-corrected chi connectivity index (χ2v) is 10.1. The summed E-state index contributed by atoms with van der Waals surface area (Å²) in [5.41, 5.74) is 3.45. The van der Waals surface area contributed by atoms with Crippen LogP contribution < -0.4 is 4.74 Å². The molecule has 1 aliphatic heterocycles. The highest BCUT2D eigenvalue weighted by molar-refractivity contribution is 6.46. The molecular formula is C30H39NO5. The molecule has 0 spiro atoms. The number of hydrogen-bond acceptors (Lipinski definition) is 5. The summed E-state index contributed by atoms with van der Waals surface area (Å²) in [6, 6.07) is 12.6. The average Bonchev–Trinajstić information content (AvgIpc) is 3.08. The van der Waals surface area contributed by atoms with Gasteiger partial charge in [0.2, 0.25) is 0 Å². The van der Waals surface area contributed by atoms with Gasteiger partial charge >= 0.3 is 0 Å². The van der Waals surface area contributed by atoms with E-state index in [0.717, 1.165) is 22.4 Å². The largest absolute Gasteiger partial charge is 0.507 e. The maximum atomic E-state index is 13.3. The number of ether oxygens (including phenoxy) is 2. The fourth-order valence-electron chi connectivity index (χ4n) is 4.50. The number of likely N-dealkylation sites (tertiary alicyclic amines) is 1. The first-order valence-corrected chi connectivity index (χ1v) is 12.8. The molecule has 1 heterocycles. The maximum absolute atomic E-state index is 13.3. The lowest BCUT2D eigenvalue weighted by atomic mass is 9.92. The Morgan fingerprint density at radius 3 is 2.19 bits per heavy atom. The van der Waals surface area contributed by atoms with E-state index in [1.165, 1.54) is 4.90 Å². The van der Waals surface area contributed by atoms with Gasteiger partial charge in [0.1, 0.15) is 11.5 Å². The van der Waals surface area contributed by atoms with Crippen LogP contribution in [0.2, 0.25) is 0 Å². The molecule has 194 valence electrons. The summed E-state index contributed by atoms with van der Waals surface area (Å²) in [7, 11) is 0. The van der Waals surface area contributed by atoms with Crippen LogP contribution in [0.1, 0.15) is 88.6 Å². The molecule has 0 aromatic heterocycles. The molecule has 2 aromatic rings. The second-order valence-electron chi connectivity index (χ2n) is 10.1. The summed E-state index contributed by atoms with van der Waals surface area (Å²) >= 11 is 0. The van der Waals surface area contributed by atoms with Gasteiger partial charge in [-0.25, -0.2) is 0 Å². The Labute approximate surface area is 214 Å². The third kappa shape index (κ3) is 5.81. The molecule has 3 rings (SSSR count). The number of aliphatic hydroxyl groups is 1. The van der Waals surface area contributed by atoms with E-state index in [1.54, 1.807) is 6.07 Å². The zero-order valence-electron chi connectivity index (χ0n) is 22.5. The number of rotatable bonds is 10. The highest BCUT2D eigenvalue weighted by Crippen LogP contribution is 2.40. The highest BCUT2D eigenvalue weighted by atomic mass is 16.5. The maximum Gasteiger partial charge on any atom is 0.295 e. The molecule has 1 aliphatic rings. The van der Waals surface area contributed by atoms with E-state index in [-0.39, 0.29) is 29.9 Å². The van der Waals surface area contributed by atoms with E-state index in [1.807, 2.05) is 71.0 Å². The Hall–Kier alpha value is -3.12. The van der Waals surface area contributed by atoms with Crippen LogP contribution in [0.4, 0.5) is 0 Å². The first-order chi connectivity index (χ1) is 17.1. The first-order valence-electron chi connectivity index (χ1n) is 12.8. The SMILES string of the molecule is CCOc1ccc(/C(O)=C2/C(=O)C(=O)N(CCOC(C)C)C2c2ccc(C(C)C)cc2)cc1C(C)C. The molecule has 6 heteroatoms. The smallest absolute Gasteiger partial charge is 0.295 e. The molecular weight excluding hydrogens is 454 g/mol. The molecule has 2 aromatic carbocycles. The zero-order chi connectivity index (χ0) is 26.6. The molecule has 6 nitrogen and oxygen atoms in total. The minimum absolute atomic E-state index is 0.00362. The van der Waals surface area contributed by atoms with E-state index in [9.17, 15) is 14.7 Å². The number of aliphatic hydroxyl groups excluding tert-OH is 1. The van der Waals surface area contributed by atoms with Gasteiger partial charge in [-0.15, -0.1) is 0 Å². The molecule has 0 radical (unpaired) electrons. The van der Waals surface area contributed by atoms with Gasteiger partial charge < -0.3 is 19.5 Å². The molecule has 1 unspecified atom stereocenters. The third-order valence-corrected chi connectivity index (χ3v) is 6.45. The Kier molecular flexibility index (Phi) is 8.96. The monoisotopic (exact) mass is 493 g/mol. The highest BCUT2D eigenvalue weighted by Gasteiger charge is 2.46. The van der Waals surface area contributed by atoms with Gasteiger partial charge in [-0.1, -0.05) is 52.0 Å². The first kappa shape index (κ1) is 27.5. The Morgan fingerprint density at radius 2 is 1.64 bits per heavy atom. The Morgan fingerprint density at radius 1 is 0.972 bits per heavy atom. The van der Waals surface area contributed by atoms with Crippen molar-refractivity contribution in [3.63, 3.8) is 0 Å². The summed E-state index contributed by atoms with van der Waals surface area (Å²) in [4.78, 5) is 28.0. The minimum atomic E-state index is -0.698. The second kappa shape index (κ2) is 11.7. The molecule has 1 atom stereocenters. The van der Waals surface area contributed by atoms with Crippen LogP contribution in [0.15, 0.2) is 48.0 Å². The summed E-state index contributed by atoms with van der Waals surface area (Å²) in [5.74, 6) is -0.246. The summed E-state index contributed by atoms with van der Waals surface area (Å²) < 4.78 is 11.4. The van der Waals surface area contributed by atoms with E-state index >= 15 is 0 Å². The lowest BCUT2D eigenvalue weighted by molar-refractivity contribution is -0.140. The van der Waals surface area contributed by atoms with Crippen LogP contribution in [0.25, 0.3) is 5.76 Å². The Bertz CT molecular complexity index is 1110. The molecule has 1 saturated heterocycles. The average molecular weight is 494 g/mol. The topological polar surface area (TPSA) is 76.1 Å². The fraction of sp³-hybridized carbons (Fsp3) is 0.467. The molecule has 0 saturated carbocycles. The van der Waals surface area contributed by atoms with E-state index < -0.39 is 17.7 Å². The predicted octanol–water partition coefficient (Wildman–Crippen LogP) is 6.18. The van der Waals surface area contributed by atoms with Gasteiger partial charge in [0, 0.05) is 12.1 Å². The number of carbonyl (C=O) groups is 2. The summed E-state index contributed by atoms with van der Waals surface area (Å²) in [6.45, 7) is 15.2. The van der Waals surface area contributed by atoms with Crippen molar-refractivity contribution in [2.24, 2.45) is 0 Å². The quantitative estimate of drug-likeness (QED) is 0.243. The van der Waals surface area contributed by atoms with E-state index in [2.05, 4.69) is 13.8 Å². The van der Waals surface area contributed by atoms with E-state index in [0.29, 0.717) is 24.7 Å². The van der Waals surface area contributed by atoms with Crippen LogP contribution >= 0.6 is 0 Å². The molecule has 0 aliphatic carbocycles. The number of Topliss-reactive ketones (excluding diaryl/α,β-unsaturated/α-hetero) is 1. The number of nitrogens with zero attached hydrogens (tertiary/aromatic N) is 1. The standard InChI is InChI=1S/C30H39NO5/c1-8-35-25-14-13-23(17-24(25)19(4)5)28(32)26-27(22-11-9-21(10-12-22)18(2)3)31(30(34)29(26)33)15-16-36-20(6)7/h9-14,17-20,27,32H,8,15-16H2,1-7H3/b28-26-. The van der Waals surface area contributed by atoms with Gasteiger partial charge in [0.05, 0.1) is 30.9 Å². The van der Waals surface area contributed by atoms with Crippen LogP contribution in [-0.2, 0) is 14.3 Å². The van der Waals surface area contributed by atoms with Crippen LogP contribution in [0.5, 0.6) is 5.75 Å². The van der Waals surface area contributed by atoms with Gasteiger partial charge in [-0.2, -0.15) is 0 Å². The number of hydrogen-bond donors (Lipinski definition) is 1. The van der Waals surface area contributed by atoms with Crippen LogP contribution in [0.3, 0.4) is 0 Å². The van der Waals surface area contributed by atoms with Crippen LogP contribution in [-0.4, -0.2) is 47.6 Å². The number of benzene rings is 2. The van der Waals surface area contributed by atoms with Crippen molar-refractivity contribution >= 4 is 17.4 Å². The lowest BCUT2D eigenvalue weighted by Gasteiger charge is -2.26. The van der Waals surface area contributed by atoms with Gasteiger partial charge in [0.25, 0.3) is 11.7 Å². The zero-order valence-corrected chi connectivity index (χ0v) is 22.5. The van der Waals surface area contributed by atoms with E-state index in [4.69, 9.17) is 9.47 Å². The van der Waals surface area contributed by atoms with Crippen molar-refractivity contribution < 1.29 is 24.2 Å². The normalized spacial score (nSPS) is 17.6. The molecule has 1 N–H and O–H groups in total. The molecule has 36 heavy (non-hydrogen) atoms. The number of ketones is 1. The Balaban J connectivity index is 2.13. The van der Waals surface area contributed by atoms with Gasteiger partial charge in [0.15, 0.2) is 0 Å². The van der Waals surface area contributed by atoms with Crippen molar-refractivity contribution in [3.05, 3.63) is 70.3 Å². The van der Waals surface area contributed by atoms with Crippen molar-refractivity contribution in [2.45, 2.75) is 72.4 Å². The molecule has 1 amide bonds. The van der Waals surface area contributed by atoms with Crippen molar-refractivity contribution in [2.75, 3.05) is 19.8 Å². The summed E-state index contributed by atoms with van der Waals surface area (Å²) in [6.07, 6.45) is 0.00362. The number of amides is 1. The third-order valence-electron chi connectivity index (χ3n) is 6.45. The fourth-order valence-corrected chi connectivity index (χ4v) is 4.50. The van der Waals surface area contributed by atoms with Gasteiger partial charge in [-0.05, 0) is 67.5 Å². The van der Waals surface area contributed by atoms with Crippen LogP contribution in [0, 0.1) is 0 Å². The predicted molar refractivity (Wildman–Crippen MR) is 142 cm³/mol. The summed E-state index contributed by atoms with van der Waals surface area (Å²) in [5, 5.41) is 11.4. The minimum Gasteiger partial charge on any atom is -0.507 e. The van der Waals surface area contributed by atoms with Crippen molar-refractivity contribution in [1.29, 1.82) is 0 Å². The van der Waals surface area contributed by atoms with Crippen molar-refractivity contribution in [1.82, 2.24) is 4.90 Å². The van der Waals surface area contributed by atoms with Gasteiger partial charge in [-0.3, -0.25) is 9.59 Å². The van der Waals surface area contributed by atoms with Crippen molar-refractivity contribution in [3.8, 4) is 5.75 Å². The molecule has 0 bridgehead atoms.